The van der Waals surface area contributed by atoms with Crippen molar-refractivity contribution in [1.82, 2.24) is 5.32 Å². The lowest BCUT2D eigenvalue weighted by molar-refractivity contribution is 0.379. The molecule has 20 heavy (non-hydrogen) atoms. The van der Waals surface area contributed by atoms with E-state index in [2.05, 4.69) is 24.4 Å². The molecule has 0 aliphatic heterocycles. The summed E-state index contributed by atoms with van der Waals surface area (Å²) in [7, 11) is 0. The lowest BCUT2D eigenvalue weighted by Gasteiger charge is -2.25. The third kappa shape index (κ3) is 5.36. The molecule has 0 aromatic heterocycles. The Hall–Kier alpha value is -0.690. The molecular weight excluding hydrogens is 288 g/mol. The van der Waals surface area contributed by atoms with Gasteiger partial charge in [0.2, 0.25) is 0 Å². The van der Waals surface area contributed by atoms with Crippen LogP contribution < -0.4 is 5.32 Å². The molecule has 2 nitrogen and oxygen atoms in total. The predicted molar refractivity (Wildman–Crippen MR) is 89.2 cm³/mol. The maximum atomic E-state index is 9.34. The van der Waals surface area contributed by atoms with Gasteiger partial charge in [0.25, 0.3) is 0 Å². The first-order valence-electron chi connectivity index (χ1n) is 7.15. The maximum Gasteiger partial charge on any atom is 0.106 e. The highest BCUT2D eigenvalue weighted by atomic mass is 35.5. The van der Waals surface area contributed by atoms with Gasteiger partial charge in [-0.15, -0.1) is 0 Å². The molecule has 1 aromatic rings. The second kappa shape index (κ2) is 9.28. The average molecular weight is 311 g/mol. The van der Waals surface area contributed by atoms with Gasteiger partial charge in [-0.25, -0.2) is 0 Å². The SMILES string of the molecule is CCNC(C#N)(CC)CCCSCc1ccccc1Cl. The van der Waals surface area contributed by atoms with Crippen LogP contribution in [0, 0.1) is 11.3 Å². The molecule has 0 bridgehead atoms. The van der Waals surface area contributed by atoms with Gasteiger partial charge in [-0.2, -0.15) is 17.0 Å². The highest BCUT2D eigenvalue weighted by molar-refractivity contribution is 7.98. The molecule has 4 heteroatoms. The van der Waals surface area contributed by atoms with Crippen molar-refractivity contribution in [2.24, 2.45) is 0 Å². The summed E-state index contributed by atoms with van der Waals surface area (Å²) in [5, 5.41) is 13.5. The molecular formula is C16H23ClN2S. The highest BCUT2D eigenvalue weighted by Gasteiger charge is 2.25. The van der Waals surface area contributed by atoms with Gasteiger partial charge in [0.1, 0.15) is 5.54 Å². The number of hydrogen-bond acceptors (Lipinski definition) is 3. The first kappa shape index (κ1) is 17.4. The number of benzene rings is 1. The van der Waals surface area contributed by atoms with Crippen LogP contribution in [-0.4, -0.2) is 17.8 Å². The van der Waals surface area contributed by atoms with Gasteiger partial charge in [0, 0.05) is 10.8 Å². The average Bonchev–Trinajstić information content (AvgIpc) is 2.47. The zero-order valence-corrected chi connectivity index (χ0v) is 13.9. The van der Waals surface area contributed by atoms with Gasteiger partial charge < -0.3 is 0 Å². The first-order chi connectivity index (χ1) is 9.67. The van der Waals surface area contributed by atoms with Crippen molar-refractivity contribution in [3.05, 3.63) is 34.9 Å². The summed E-state index contributed by atoms with van der Waals surface area (Å²) in [4.78, 5) is 0. The molecule has 0 saturated heterocycles. The predicted octanol–water partition coefficient (Wildman–Crippen LogP) is 4.64. The Kier molecular flexibility index (Phi) is 8.06. The number of nitrogens with zero attached hydrogens (tertiary/aromatic N) is 1. The van der Waals surface area contributed by atoms with E-state index in [1.807, 2.05) is 36.9 Å². The maximum absolute atomic E-state index is 9.34. The second-order valence-electron chi connectivity index (χ2n) is 4.83. The summed E-state index contributed by atoms with van der Waals surface area (Å²) in [6, 6.07) is 10.4. The fraction of sp³-hybridized carbons (Fsp3) is 0.562. The summed E-state index contributed by atoms with van der Waals surface area (Å²) in [6.07, 6.45) is 2.80. The Morgan fingerprint density at radius 3 is 2.70 bits per heavy atom. The van der Waals surface area contributed by atoms with Crippen LogP contribution >= 0.6 is 23.4 Å². The van der Waals surface area contributed by atoms with E-state index in [1.54, 1.807) is 0 Å². The standard InChI is InChI=1S/C16H23ClN2S/c1-3-16(13-18,19-4-2)10-7-11-20-12-14-8-5-6-9-15(14)17/h5-6,8-9,19H,3-4,7,10-12H2,1-2H3. The van der Waals surface area contributed by atoms with Gasteiger partial charge in [0.15, 0.2) is 0 Å². The van der Waals surface area contributed by atoms with Gasteiger partial charge in [-0.05, 0) is 43.2 Å². The second-order valence-corrected chi connectivity index (χ2v) is 6.34. The summed E-state index contributed by atoms with van der Waals surface area (Å²) in [6.45, 7) is 4.96. The molecule has 1 rings (SSSR count). The third-order valence-corrected chi connectivity index (χ3v) is 4.90. The largest absolute Gasteiger partial charge is 0.300 e. The van der Waals surface area contributed by atoms with E-state index in [4.69, 9.17) is 11.6 Å². The molecule has 0 radical (unpaired) electrons. The van der Waals surface area contributed by atoms with Gasteiger partial charge in [0.05, 0.1) is 6.07 Å². The lowest BCUT2D eigenvalue weighted by Crippen LogP contribution is -2.43. The van der Waals surface area contributed by atoms with E-state index < -0.39 is 0 Å². The van der Waals surface area contributed by atoms with E-state index >= 15 is 0 Å². The van der Waals surface area contributed by atoms with Crippen LogP contribution in [0.1, 0.15) is 38.7 Å². The number of hydrogen-bond donors (Lipinski definition) is 1. The number of thioether (sulfide) groups is 1. The monoisotopic (exact) mass is 310 g/mol. The van der Waals surface area contributed by atoms with Crippen molar-refractivity contribution in [3.8, 4) is 6.07 Å². The molecule has 1 unspecified atom stereocenters. The van der Waals surface area contributed by atoms with Crippen LogP contribution in [-0.2, 0) is 5.75 Å². The topological polar surface area (TPSA) is 35.8 Å². The summed E-state index contributed by atoms with van der Waals surface area (Å²) in [5.74, 6) is 1.99. The molecule has 0 heterocycles. The van der Waals surface area contributed by atoms with Gasteiger partial charge in [-0.3, -0.25) is 5.32 Å². The molecule has 1 aromatic carbocycles. The minimum atomic E-state index is -0.348. The van der Waals surface area contributed by atoms with E-state index in [-0.39, 0.29) is 5.54 Å². The zero-order chi connectivity index (χ0) is 14.8. The van der Waals surface area contributed by atoms with E-state index in [9.17, 15) is 5.26 Å². The molecule has 110 valence electrons. The molecule has 0 fully saturated rings. The fourth-order valence-electron chi connectivity index (χ4n) is 2.18. The molecule has 0 spiro atoms. The smallest absolute Gasteiger partial charge is 0.106 e. The highest BCUT2D eigenvalue weighted by Crippen LogP contribution is 2.23. The van der Waals surface area contributed by atoms with Gasteiger partial charge in [-0.1, -0.05) is 43.6 Å². The first-order valence-corrected chi connectivity index (χ1v) is 8.68. The fourth-order valence-corrected chi connectivity index (χ4v) is 3.42. The van der Waals surface area contributed by atoms with Crippen molar-refractivity contribution < 1.29 is 0 Å². The minimum Gasteiger partial charge on any atom is -0.300 e. The Balaban J connectivity index is 2.31. The van der Waals surface area contributed by atoms with Crippen molar-refractivity contribution in [2.75, 3.05) is 12.3 Å². The van der Waals surface area contributed by atoms with Crippen LogP contribution in [0.2, 0.25) is 5.02 Å². The molecule has 1 atom stereocenters. The van der Waals surface area contributed by atoms with Crippen LogP contribution in [0.3, 0.4) is 0 Å². The van der Waals surface area contributed by atoms with Crippen LogP contribution in [0.5, 0.6) is 0 Å². The Morgan fingerprint density at radius 2 is 2.10 bits per heavy atom. The summed E-state index contributed by atoms with van der Waals surface area (Å²) < 4.78 is 0. The Labute approximate surface area is 131 Å². The number of nitrogens with one attached hydrogen (secondary N) is 1. The van der Waals surface area contributed by atoms with Crippen LogP contribution in [0.15, 0.2) is 24.3 Å². The Morgan fingerprint density at radius 1 is 1.35 bits per heavy atom. The van der Waals surface area contributed by atoms with E-state index in [0.717, 1.165) is 42.3 Å². The quantitative estimate of drug-likeness (QED) is 0.675. The van der Waals surface area contributed by atoms with Crippen LogP contribution in [0.25, 0.3) is 0 Å². The molecule has 0 aliphatic carbocycles. The lowest BCUT2D eigenvalue weighted by atomic mass is 9.92. The van der Waals surface area contributed by atoms with E-state index in [1.165, 1.54) is 5.56 Å². The summed E-state index contributed by atoms with van der Waals surface area (Å²) in [5.41, 5.74) is 0.840. The van der Waals surface area contributed by atoms with Crippen molar-refractivity contribution in [1.29, 1.82) is 5.26 Å². The minimum absolute atomic E-state index is 0.348. The number of nitriles is 1. The normalized spacial score (nSPS) is 13.7. The summed E-state index contributed by atoms with van der Waals surface area (Å²) >= 11 is 8.01. The van der Waals surface area contributed by atoms with Crippen LogP contribution in [0.4, 0.5) is 0 Å². The van der Waals surface area contributed by atoms with Crippen molar-refractivity contribution in [2.45, 2.75) is 44.4 Å². The number of halogens is 1. The molecule has 0 aliphatic rings. The van der Waals surface area contributed by atoms with Gasteiger partial charge >= 0.3 is 0 Å². The number of rotatable bonds is 9. The molecule has 1 N–H and O–H groups in total. The zero-order valence-electron chi connectivity index (χ0n) is 12.3. The van der Waals surface area contributed by atoms with E-state index in [0.29, 0.717) is 0 Å². The molecule has 0 saturated carbocycles. The Bertz CT molecular complexity index is 444. The van der Waals surface area contributed by atoms with Crippen molar-refractivity contribution in [3.63, 3.8) is 0 Å². The van der Waals surface area contributed by atoms with Crippen molar-refractivity contribution >= 4 is 23.4 Å². The molecule has 0 amide bonds. The third-order valence-electron chi connectivity index (χ3n) is 3.44.